The molecule has 17 heavy (non-hydrogen) atoms. The Kier molecular flexibility index (Phi) is 3.59. The van der Waals surface area contributed by atoms with E-state index in [-0.39, 0.29) is 12.5 Å². The molecule has 2 aromatic rings. The monoisotopic (exact) mass is 246 g/mol. The number of azide groups is 1. The molecule has 0 aliphatic heterocycles. The third kappa shape index (κ3) is 2.55. The Bertz CT molecular complexity index is 586. The van der Waals surface area contributed by atoms with Gasteiger partial charge in [0.05, 0.1) is 5.56 Å². The number of nitrogens with zero attached hydrogens (tertiary/aromatic N) is 3. The van der Waals surface area contributed by atoms with Gasteiger partial charge in [0.25, 0.3) is 5.91 Å². The van der Waals surface area contributed by atoms with Crippen LogP contribution in [-0.2, 0) is 0 Å². The van der Waals surface area contributed by atoms with E-state index in [2.05, 4.69) is 15.3 Å². The molecule has 0 aliphatic rings. The van der Waals surface area contributed by atoms with Gasteiger partial charge in [0, 0.05) is 33.5 Å². The van der Waals surface area contributed by atoms with Crippen LogP contribution in [0.2, 0.25) is 0 Å². The third-order valence-electron chi connectivity index (χ3n) is 2.29. The van der Waals surface area contributed by atoms with Gasteiger partial charge in [-0.3, -0.25) is 4.79 Å². The molecule has 0 saturated heterocycles. The summed E-state index contributed by atoms with van der Waals surface area (Å²) in [6.45, 7) is 0.622. The van der Waals surface area contributed by atoms with Crippen molar-refractivity contribution in [2.75, 3.05) is 13.1 Å². The van der Waals surface area contributed by atoms with Crippen molar-refractivity contribution in [3.05, 3.63) is 45.7 Å². The molecule has 1 amide bonds. The number of thiophene rings is 1. The Morgan fingerprint density at radius 3 is 3.12 bits per heavy atom. The maximum atomic E-state index is 11.8. The quantitative estimate of drug-likeness (QED) is 0.383. The summed E-state index contributed by atoms with van der Waals surface area (Å²) in [5.74, 6) is -0.129. The smallest absolute Gasteiger partial charge is 0.252 e. The Hall–Kier alpha value is -2.04. The standard InChI is InChI=1S/C11H10N4OS/c12-15-14-6-5-13-11(16)9-7-17-10-4-2-1-3-8(9)10/h1-4,7H,5-6H2,(H,13,16). The minimum absolute atomic E-state index is 0.129. The molecular weight excluding hydrogens is 236 g/mol. The maximum Gasteiger partial charge on any atom is 0.252 e. The molecule has 0 fully saturated rings. The number of hydrogen-bond donors (Lipinski definition) is 1. The van der Waals surface area contributed by atoms with E-state index in [9.17, 15) is 4.79 Å². The highest BCUT2D eigenvalue weighted by molar-refractivity contribution is 7.17. The lowest BCUT2D eigenvalue weighted by atomic mass is 10.2. The highest BCUT2D eigenvalue weighted by Gasteiger charge is 2.10. The van der Waals surface area contributed by atoms with Gasteiger partial charge >= 0.3 is 0 Å². The first-order valence-corrected chi connectivity index (χ1v) is 5.96. The summed E-state index contributed by atoms with van der Waals surface area (Å²) in [5, 5.41) is 8.87. The molecule has 1 aromatic carbocycles. The van der Waals surface area contributed by atoms with Crippen LogP contribution < -0.4 is 5.32 Å². The van der Waals surface area contributed by atoms with Crippen LogP contribution in [0.25, 0.3) is 20.5 Å². The van der Waals surface area contributed by atoms with Gasteiger partial charge in [0.15, 0.2) is 0 Å². The fraction of sp³-hybridized carbons (Fsp3) is 0.182. The average Bonchev–Trinajstić information content (AvgIpc) is 2.78. The summed E-state index contributed by atoms with van der Waals surface area (Å²) >= 11 is 1.54. The number of fused-ring (bicyclic) bond motifs is 1. The number of carbonyl (C=O) groups is 1. The van der Waals surface area contributed by atoms with Crippen LogP contribution in [0.5, 0.6) is 0 Å². The molecule has 0 spiro atoms. The average molecular weight is 246 g/mol. The molecule has 1 heterocycles. The van der Waals surface area contributed by atoms with Crippen molar-refractivity contribution in [2.45, 2.75) is 0 Å². The molecule has 0 saturated carbocycles. The second-order valence-electron chi connectivity index (χ2n) is 3.36. The summed E-state index contributed by atoms with van der Waals surface area (Å²) < 4.78 is 1.09. The van der Waals surface area contributed by atoms with Crippen LogP contribution in [-0.4, -0.2) is 19.0 Å². The van der Waals surface area contributed by atoms with E-state index in [1.165, 1.54) is 0 Å². The molecule has 86 valence electrons. The van der Waals surface area contributed by atoms with Crippen molar-refractivity contribution in [3.63, 3.8) is 0 Å². The number of benzene rings is 1. The van der Waals surface area contributed by atoms with Crippen LogP contribution in [0.4, 0.5) is 0 Å². The summed E-state index contributed by atoms with van der Waals surface area (Å²) in [4.78, 5) is 14.5. The molecule has 2 rings (SSSR count). The lowest BCUT2D eigenvalue weighted by Gasteiger charge is -2.01. The Balaban J connectivity index is 2.11. The van der Waals surface area contributed by atoms with Gasteiger partial charge in [-0.2, -0.15) is 0 Å². The normalized spacial score (nSPS) is 9.88. The molecule has 1 aromatic heterocycles. The topological polar surface area (TPSA) is 77.9 Å². The van der Waals surface area contributed by atoms with Gasteiger partial charge in [-0.15, -0.1) is 11.3 Å². The Labute approximate surface area is 102 Å². The first kappa shape index (κ1) is 11.4. The number of amides is 1. The first-order chi connectivity index (χ1) is 8.33. The lowest BCUT2D eigenvalue weighted by molar-refractivity contribution is 0.0957. The predicted octanol–water partition coefficient (Wildman–Crippen LogP) is 2.94. The van der Waals surface area contributed by atoms with Gasteiger partial charge in [0.1, 0.15) is 0 Å². The summed E-state index contributed by atoms with van der Waals surface area (Å²) in [7, 11) is 0. The molecule has 5 nitrogen and oxygen atoms in total. The van der Waals surface area contributed by atoms with Gasteiger partial charge in [-0.1, -0.05) is 23.3 Å². The first-order valence-electron chi connectivity index (χ1n) is 5.08. The minimum Gasteiger partial charge on any atom is -0.352 e. The molecule has 0 bridgehead atoms. The van der Waals surface area contributed by atoms with Crippen molar-refractivity contribution in [2.24, 2.45) is 5.11 Å². The summed E-state index contributed by atoms with van der Waals surface area (Å²) in [5.41, 5.74) is 8.78. The fourth-order valence-corrected chi connectivity index (χ4v) is 2.45. The van der Waals surface area contributed by atoms with E-state index in [0.717, 1.165) is 10.1 Å². The van der Waals surface area contributed by atoms with Crippen LogP contribution in [0, 0.1) is 0 Å². The van der Waals surface area contributed by atoms with Crippen LogP contribution in [0.3, 0.4) is 0 Å². The second kappa shape index (κ2) is 5.34. The fourth-order valence-electron chi connectivity index (χ4n) is 1.51. The highest BCUT2D eigenvalue weighted by atomic mass is 32.1. The predicted molar refractivity (Wildman–Crippen MR) is 68.2 cm³/mol. The van der Waals surface area contributed by atoms with Crippen molar-refractivity contribution < 1.29 is 4.79 Å². The minimum atomic E-state index is -0.129. The Morgan fingerprint density at radius 1 is 1.47 bits per heavy atom. The van der Waals surface area contributed by atoms with Gasteiger partial charge in [-0.25, -0.2) is 0 Å². The third-order valence-corrected chi connectivity index (χ3v) is 3.25. The van der Waals surface area contributed by atoms with E-state index in [0.29, 0.717) is 12.1 Å². The van der Waals surface area contributed by atoms with E-state index in [1.54, 1.807) is 11.3 Å². The largest absolute Gasteiger partial charge is 0.352 e. The van der Waals surface area contributed by atoms with E-state index >= 15 is 0 Å². The zero-order valence-corrected chi connectivity index (χ0v) is 9.78. The number of rotatable bonds is 4. The summed E-state index contributed by atoms with van der Waals surface area (Å²) in [6, 6.07) is 7.76. The van der Waals surface area contributed by atoms with Crippen molar-refractivity contribution in [1.82, 2.24) is 5.32 Å². The maximum absolute atomic E-state index is 11.8. The molecule has 0 unspecified atom stereocenters. The van der Waals surface area contributed by atoms with E-state index < -0.39 is 0 Å². The molecule has 0 radical (unpaired) electrons. The molecule has 1 N–H and O–H groups in total. The zero-order chi connectivity index (χ0) is 12.1. The van der Waals surface area contributed by atoms with Crippen LogP contribution >= 0.6 is 11.3 Å². The van der Waals surface area contributed by atoms with Crippen molar-refractivity contribution in [1.29, 1.82) is 0 Å². The zero-order valence-electron chi connectivity index (χ0n) is 8.96. The Morgan fingerprint density at radius 2 is 2.29 bits per heavy atom. The SMILES string of the molecule is [N-]=[N+]=NCCNC(=O)c1csc2ccccc12. The van der Waals surface area contributed by atoms with Gasteiger partial charge < -0.3 is 5.32 Å². The summed E-state index contributed by atoms with van der Waals surface area (Å²) in [6.07, 6.45) is 0. The van der Waals surface area contributed by atoms with Crippen LogP contribution in [0.15, 0.2) is 34.8 Å². The molecule has 6 heteroatoms. The highest BCUT2D eigenvalue weighted by Crippen LogP contribution is 2.25. The van der Waals surface area contributed by atoms with Crippen molar-refractivity contribution in [3.8, 4) is 0 Å². The van der Waals surface area contributed by atoms with Gasteiger partial charge in [-0.05, 0) is 11.6 Å². The van der Waals surface area contributed by atoms with Crippen molar-refractivity contribution >= 4 is 27.3 Å². The molecule has 0 atom stereocenters. The van der Waals surface area contributed by atoms with E-state index in [4.69, 9.17) is 5.53 Å². The van der Waals surface area contributed by atoms with Gasteiger partial charge in [0.2, 0.25) is 0 Å². The number of hydrogen-bond acceptors (Lipinski definition) is 3. The lowest BCUT2D eigenvalue weighted by Crippen LogP contribution is -2.25. The number of carbonyl (C=O) groups excluding carboxylic acids is 1. The number of nitrogens with one attached hydrogen (secondary N) is 1. The van der Waals surface area contributed by atoms with E-state index in [1.807, 2.05) is 29.6 Å². The second-order valence-corrected chi connectivity index (χ2v) is 4.27. The molecular formula is C11H10N4OS. The van der Waals surface area contributed by atoms with Crippen LogP contribution in [0.1, 0.15) is 10.4 Å². The molecule has 0 aliphatic carbocycles.